The number of nitrogens with zero attached hydrogens (tertiary/aromatic N) is 4. The van der Waals surface area contributed by atoms with Crippen molar-refractivity contribution in [3.63, 3.8) is 0 Å². The minimum Gasteiger partial charge on any atom is -0.467 e. The van der Waals surface area contributed by atoms with Gasteiger partial charge in [-0.05, 0) is 50.1 Å². The highest BCUT2D eigenvalue weighted by molar-refractivity contribution is 5.83. The number of carbonyl (C=O) groups is 1. The average Bonchev–Trinajstić information content (AvgIpc) is 3.19. The highest BCUT2D eigenvalue weighted by Crippen LogP contribution is 2.40. The van der Waals surface area contributed by atoms with Crippen LogP contribution in [0.2, 0.25) is 0 Å². The van der Waals surface area contributed by atoms with E-state index < -0.39 is 24.2 Å². The second kappa shape index (κ2) is 10.00. The van der Waals surface area contributed by atoms with Crippen molar-refractivity contribution in [3.8, 4) is 17.0 Å². The van der Waals surface area contributed by atoms with Crippen LogP contribution in [0.25, 0.3) is 22.3 Å². The summed E-state index contributed by atoms with van der Waals surface area (Å²) in [6.07, 6.45) is -6.87. The van der Waals surface area contributed by atoms with Gasteiger partial charge < -0.3 is 14.4 Å². The molecule has 0 radical (unpaired) electrons. The van der Waals surface area contributed by atoms with Crippen molar-refractivity contribution in [1.82, 2.24) is 19.7 Å². The molecular formula is C24H25F5N4O3. The average molecular weight is 512 g/mol. The molecule has 1 aliphatic heterocycles. The van der Waals surface area contributed by atoms with Gasteiger partial charge in [0, 0.05) is 37.6 Å². The maximum absolute atomic E-state index is 14.1. The van der Waals surface area contributed by atoms with Gasteiger partial charge in [0.05, 0.1) is 17.3 Å². The Bertz CT molecular complexity index is 1270. The number of likely N-dealkylation sites (N-methyl/N-ethyl adjacent to an activating group) is 1. The van der Waals surface area contributed by atoms with Crippen molar-refractivity contribution in [1.29, 1.82) is 0 Å². The lowest BCUT2D eigenvalue weighted by atomic mass is 10.00. The number of aryl methyl sites for hydroxylation is 1. The summed E-state index contributed by atoms with van der Waals surface area (Å²) in [7, 11) is 1.60. The van der Waals surface area contributed by atoms with Gasteiger partial charge in [-0.15, -0.1) is 0 Å². The Labute approximate surface area is 203 Å². The van der Waals surface area contributed by atoms with Crippen LogP contribution >= 0.6 is 0 Å². The molecule has 0 bridgehead atoms. The number of halogens is 5. The third-order valence-electron chi connectivity index (χ3n) is 6.14. The molecular weight excluding hydrogens is 487 g/mol. The van der Waals surface area contributed by atoms with Crippen molar-refractivity contribution < 1.29 is 36.2 Å². The first-order chi connectivity index (χ1) is 17.0. The lowest BCUT2D eigenvalue weighted by molar-refractivity contribution is -0.137. The smallest absolute Gasteiger partial charge is 0.416 e. The summed E-state index contributed by atoms with van der Waals surface area (Å²) in [4.78, 5) is 17.8. The number of benzene rings is 1. The fourth-order valence-electron chi connectivity index (χ4n) is 4.38. The van der Waals surface area contributed by atoms with E-state index in [1.54, 1.807) is 14.0 Å². The monoisotopic (exact) mass is 512 g/mol. The van der Waals surface area contributed by atoms with Crippen LogP contribution in [0, 0.1) is 6.92 Å². The lowest BCUT2D eigenvalue weighted by Gasteiger charge is -2.30. The molecule has 0 aliphatic carbocycles. The summed E-state index contributed by atoms with van der Waals surface area (Å²) < 4.78 is 80.3. The number of rotatable bonds is 7. The van der Waals surface area contributed by atoms with Gasteiger partial charge in [0.2, 0.25) is 5.91 Å². The number of alkyl halides is 5. The number of hydrogen-bond donors (Lipinski definition) is 0. The topological polar surface area (TPSA) is 69.5 Å². The third kappa shape index (κ3) is 4.99. The molecule has 1 atom stereocenters. The van der Waals surface area contributed by atoms with E-state index in [1.807, 2.05) is 0 Å². The van der Waals surface area contributed by atoms with Crippen molar-refractivity contribution in [2.75, 3.05) is 27.0 Å². The van der Waals surface area contributed by atoms with Crippen molar-refractivity contribution >= 4 is 16.9 Å². The zero-order valence-electron chi connectivity index (χ0n) is 19.9. The minimum atomic E-state index is -4.59. The molecule has 0 N–H and O–H groups in total. The van der Waals surface area contributed by atoms with Crippen LogP contribution in [0.4, 0.5) is 22.0 Å². The highest BCUT2D eigenvalue weighted by Gasteiger charge is 2.33. The van der Waals surface area contributed by atoms with Crippen LogP contribution in [0.15, 0.2) is 24.3 Å². The molecule has 3 heterocycles. The maximum atomic E-state index is 14.1. The fourth-order valence-corrected chi connectivity index (χ4v) is 4.38. The Hall–Kier alpha value is -3.28. The van der Waals surface area contributed by atoms with E-state index in [1.165, 1.54) is 28.6 Å². The number of piperidine rings is 1. The first-order valence-electron chi connectivity index (χ1n) is 11.3. The predicted molar refractivity (Wildman–Crippen MR) is 121 cm³/mol. The molecule has 3 aromatic rings. The Balaban J connectivity index is 1.82. The van der Waals surface area contributed by atoms with Crippen LogP contribution < -0.4 is 4.74 Å². The molecule has 1 saturated heterocycles. The summed E-state index contributed by atoms with van der Waals surface area (Å²) in [6.45, 7) is 3.46. The number of ether oxygens (including phenoxy) is 2. The van der Waals surface area contributed by atoms with Gasteiger partial charge in [0.25, 0.3) is 6.43 Å². The normalized spacial score (nSPS) is 16.9. The van der Waals surface area contributed by atoms with Gasteiger partial charge in [-0.3, -0.25) is 9.48 Å². The van der Waals surface area contributed by atoms with E-state index in [0.29, 0.717) is 13.0 Å². The van der Waals surface area contributed by atoms with E-state index in [0.717, 1.165) is 12.1 Å². The van der Waals surface area contributed by atoms with Gasteiger partial charge in [0.1, 0.15) is 11.4 Å². The maximum Gasteiger partial charge on any atom is 0.416 e. The summed E-state index contributed by atoms with van der Waals surface area (Å²) in [6, 6.07) is 4.29. The molecule has 1 aromatic carbocycles. The Morgan fingerprint density at radius 2 is 1.97 bits per heavy atom. The number of amides is 1. The molecule has 1 fully saturated rings. The Morgan fingerprint density at radius 3 is 2.61 bits per heavy atom. The van der Waals surface area contributed by atoms with Crippen LogP contribution in [0.5, 0.6) is 5.75 Å². The first-order valence-corrected chi connectivity index (χ1v) is 11.3. The highest BCUT2D eigenvalue weighted by atomic mass is 19.4. The summed E-state index contributed by atoms with van der Waals surface area (Å²) >= 11 is 0. The molecule has 1 unspecified atom stereocenters. The standard InChI is InChI=1S/C24H25F5N4O3/c1-4-35-12-36-18-10-14(24(27,28)29)9-13(2)20(18)17-7-6-16-21(22(25)26)33(31-23(16)30-17)15-5-8-19(34)32(3)11-15/h6-7,9-10,15,22H,4-5,8,11-12H2,1-3H3. The molecule has 7 nitrogen and oxygen atoms in total. The number of carbonyl (C=O) groups excluding carboxylic acids is 1. The molecule has 194 valence electrons. The number of fused-ring (bicyclic) bond motifs is 1. The SMILES string of the molecule is CCOCOc1cc(C(F)(F)F)cc(C)c1-c1ccc2c(C(F)F)n(C3CCC(=O)N(C)C3)nc2n1. The van der Waals surface area contributed by atoms with Crippen molar-refractivity contribution in [2.45, 2.75) is 45.3 Å². The molecule has 1 aliphatic rings. The number of hydrogen-bond acceptors (Lipinski definition) is 5. The summed E-state index contributed by atoms with van der Waals surface area (Å²) in [5, 5.41) is 4.47. The molecule has 1 amide bonds. The van der Waals surface area contributed by atoms with Crippen molar-refractivity contribution in [3.05, 3.63) is 41.1 Å². The molecule has 2 aromatic heterocycles. The Morgan fingerprint density at radius 1 is 1.22 bits per heavy atom. The van der Waals surface area contributed by atoms with Crippen LogP contribution in [0.3, 0.4) is 0 Å². The first kappa shape index (κ1) is 25.8. The third-order valence-corrected chi connectivity index (χ3v) is 6.14. The largest absolute Gasteiger partial charge is 0.467 e. The minimum absolute atomic E-state index is 0.0254. The number of pyridine rings is 1. The van der Waals surface area contributed by atoms with Crippen LogP contribution in [-0.2, 0) is 15.7 Å². The quantitative estimate of drug-likeness (QED) is 0.237. The second-order valence-electron chi connectivity index (χ2n) is 8.58. The summed E-state index contributed by atoms with van der Waals surface area (Å²) in [5.74, 6) is -0.164. The van der Waals surface area contributed by atoms with Crippen LogP contribution in [-0.4, -0.2) is 52.6 Å². The van der Waals surface area contributed by atoms with Crippen molar-refractivity contribution in [2.24, 2.45) is 0 Å². The molecule has 36 heavy (non-hydrogen) atoms. The van der Waals surface area contributed by atoms with E-state index in [-0.39, 0.29) is 65.0 Å². The van der Waals surface area contributed by atoms with Gasteiger partial charge in [-0.25, -0.2) is 13.8 Å². The van der Waals surface area contributed by atoms with E-state index in [2.05, 4.69) is 10.1 Å². The lowest BCUT2D eigenvalue weighted by Crippen LogP contribution is -2.38. The van der Waals surface area contributed by atoms with Crippen LogP contribution in [0.1, 0.15) is 49.1 Å². The molecule has 12 heteroatoms. The van der Waals surface area contributed by atoms with Gasteiger partial charge in [-0.1, -0.05) is 0 Å². The van der Waals surface area contributed by atoms with Gasteiger partial charge >= 0.3 is 6.18 Å². The Kier molecular flexibility index (Phi) is 7.17. The molecule has 4 rings (SSSR count). The van der Waals surface area contributed by atoms with E-state index in [9.17, 15) is 26.7 Å². The van der Waals surface area contributed by atoms with Gasteiger partial charge in [-0.2, -0.15) is 18.3 Å². The van der Waals surface area contributed by atoms with E-state index in [4.69, 9.17) is 9.47 Å². The molecule has 0 saturated carbocycles. The second-order valence-corrected chi connectivity index (χ2v) is 8.58. The fraction of sp³-hybridized carbons (Fsp3) is 0.458. The predicted octanol–water partition coefficient (Wildman–Crippen LogP) is 5.53. The molecule has 0 spiro atoms. The number of aromatic nitrogens is 3. The van der Waals surface area contributed by atoms with E-state index >= 15 is 0 Å². The zero-order valence-corrected chi connectivity index (χ0v) is 19.9. The van der Waals surface area contributed by atoms with Gasteiger partial charge in [0.15, 0.2) is 12.4 Å². The summed E-state index contributed by atoms with van der Waals surface area (Å²) in [5.41, 5.74) is -0.436. The number of likely N-dealkylation sites (tertiary alicyclic amines) is 1. The zero-order chi connectivity index (χ0) is 26.2.